The van der Waals surface area contributed by atoms with Gasteiger partial charge in [-0.3, -0.25) is 0 Å². The summed E-state index contributed by atoms with van der Waals surface area (Å²) in [6.07, 6.45) is 0.928. The molecule has 0 spiro atoms. The maximum absolute atomic E-state index is 9.28. The fourth-order valence-electron chi connectivity index (χ4n) is 1.95. The number of benzene rings is 1. The van der Waals surface area contributed by atoms with Crippen molar-refractivity contribution in [3.05, 3.63) is 23.3 Å². The quantitative estimate of drug-likeness (QED) is 0.827. The minimum absolute atomic E-state index is 0.178. The van der Waals surface area contributed by atoms with Crippen LogP contribution in [-0.2, 0) is 0 Å². The fourth-order valence-corrected chi connectivity index (χ4v) is 1.95. The number of aliphatic hydroxyl groups excluding tert-OH is 1. The van der Waals surface area contributed by atoms with E-state index in [1.165, 1.54) is 0 Å². The van der Waals surface area contributed by atoms with Crippen LogP contribution in [0.15, 0.2) is 12.1 Å². The predicted octanol–water partition coefficient (Wildman–Crippen LogP) is 2.21. The second kappa shape index (κ2) is 4.11. The molecule has 0 aliphatic carbocycles. The van der Waals surface area contributed by atoms with Crippen molar-refractivity contribution in [3.8, 4) is 11.5 Å². The summed E-state index contributed by atoms with van der Waals surface area (Å²) in [5.74, 6) is 1.80. The topological polar surface area (TPSA) is 38.7 Å². The molecule has 82 valence electrons. The molecule has 1 atom stereocenters. The van der Waals surface area contributed by atoms with E-state index in [4.69, 9.17) is 9.47 Å². The Labute approximate surface area is 89.6 Å². The molecule has 3 nitrogen and oxygen atoms in total. The zero-order valence-corrected chi connectivity index (χ0v) is 9.12. The molecule has 1 aromatic carbocycles. The molecule has 0 fully saturated rings. The van der Waals surface area contributed by atoms with Gasteiger partial charge < -0.3 is 14.6 Å². The Kier molecular flexibility index (Phi) is 2.82. The molecule has 15 heavy (non-hydrogen) atoms. The van der Waals surface area contributed by atoms with Gasteiger partial charge >= 0.3 is 0 Å². The van der Waals surface area contributed by atoms with Crippen LogP contribution in [0, 0.1) is 6.92 Å². The van der Waals surface area contributed by atoms with Crippen molar-refractivity contribution in [1.29, 1.82) is 0 Å². The molecule has 1 aliphatic rings. The van der Waals surface area contributed by atoms with Gasteiger partial charge in [0.15, 0.2) is 11.5 Å². The molecule has 1 aliphatic heterocycles. The fraction of sp³-hybridized carbons (Fsp3) is 0.500. The Morgan fingerprint density at radius 1 is 1.33 bits per heavy atom. The molecule has 3 heteroatoms. The minimum Gasteiger partial charge on any atom is -0.454 e. The zero-order valence-electron chi connectivity index (χ0n) is 9.12. The first-order chi connectivity index (χ1) is 7.26. The van der Waals surface area contributed by atoms with Gasteiger partial charge in [-0.05, 0) is 36.6 Å². The van der Waals surface area contributed by atoms with E-state index in [1.54, 1.807) is 0 Å². The van der Waals surface area contributed by atoms with E-state index < -0.39 is 0 Å². The molecule has 1 N–H and O–H groups in total. The summed E-state index contributed by atoms with van der Waals surface area (Å²) < 4.78 is 10.6. The number of aliphatic hydroxyl groups is 1. The molecule has 0 saturated carbocycles. The van der Waals surface area contributed by atoms with Crippen LogP contribution in [0.2, 0.25) is 0 Å². The van der Waals surface area contributed by atoms with Gasteiger partial charge in [-0.15, -0.1) is 0 Å². The van der Waals surface area contributed by atoms with Crippen LogP contribution in [0.4, 0.5) is 0 Å². The molecule has 1 aromatic rings. The van der Waals surface area contributed by atoms with E-state index in [2.05, 4.69) is 6.92 Å². The molecule has 2 rings (SSSR count). The average molecular weight is 208 g/mol. The lowest BCUT2D eigenvalue weighted by Crippen LogP contribution is -2.04. The molecular formula is C12H16O3. The summed E-state index contributed by atoms with van der Waals surface area (Å²) in [4.78, 5) is 0. The van der Waals surface area contributed by atoms with Crippen LogP contribution < -0.4 is 9.47 Å². The van der Waals surface area contributed by atoms with Crippen LogP contribution in [0.3, 0.4) is 0 Å². The highest BCUT2D eigenvalue weighted by Crippen LogP contribution is 2.37. The summed E-state index contributed by atoms with van der Waals surface area (Å²) in [7, 11) is 0. The number of hydrogen-bond acceptors (Lipinski definition) is 3. The molecule has 1 unspecified atom stereocenters. The highest BCUT2D eigenvalue weighted by molar-refractivity contribution is 5.49. The monoisotopic (exact) mass is 208 g/mol. The highest BCUT2D eigenvalue weighted by Gasteiger charge is 2.19. The van der Waals surface area contributed by atoms with Gasteiger partial charge in [-0.25, -0.2) is 0 Å². The van der Waals surface area contributed by atoms with Crippen molar-refractivity contribution in [2.75, 3.05) is 13.4 Å². The van der Waals surface area contributed by atoms with Crippen molar-refractivity contribution in [2.24, 2.45) is 0 Å². The Hall–Kier alpha value is -1.22. The Balaban J connectivity index is 2.39. The molecule has 0 radical (unpaired) electrons. The van der Waals surface area contributed by atoms with Crippen LogP contribution in [0.5, 0.6) is 11.5 Å². The zero-order chi connectivity index (χ0) is 10.8. The summed E-state index contributed by atoms with van der Waals surface area (Å²) in [5.41, 5.74) is 2.31. The van der Waals surface area contributed by atoms with Gasteiger partial charge in [-0.2, -0.15) is 0 Å². The van der Waals surface area contributed by atoms with Crippen LogP contribution in [-0.4, -0.2) is 18.5 Å². The molecular weight excluding hydrogens is 192 g/mol. The average Bonchev–Trinajstić information content (AvgIpc) is 2.67. The van der Waals surface area contributed by atoms with Crippen LogP contribution in [0.1, 0.15) is 30.4 Å². The van der Waals surface area contributed by atoms with E-state index in [0.29, 0.717) is 6.79 Å². The first-order valence-electron chi connectivity index (χ1n) is 5.27. The second-order valence-corrected chi connectivity index (χ2v) is 3.85. The van der Waals surface area contributed by atoms with E-state index >= 15 is 0 Å². The number of aryl methyl sites for hydroxylation is 1. The Morgan fingerprint density at radius 3 is 2.60 bits per heavy atom. The van der Waals surface area contributed by atoms with Crippen molar-refractivity contribution in [2.45, 2.75) is 26.2 Å². The lowest BCUT2D eigenvalue weighted by atomic mass is 9.93. The maximum Gasteiger partial charge on any atom is 0.231 e. The summed E-state index contributed by atoms with van der Waals surface area (Å²) in [6.45, 7) is 4.59. The summed E-state index contributed by atoms with van der Waals surface area (Å²) >= 11 is 0. The molecule has 0 amide bonds. The normalized spacial score (nSPS) is 15.4. The third-order valence-electron chi connectivity index (χ3n) is 2.91. The number of fused-ring (bicyclic) bond motifs is 1. The van der Waals surface area contributed by atoms with Crippen molar-refractivity contribution in [3.63, 3.8) is 0 Å². The van der Waals surface area contributed by atoms with Crippen molar-refractivity contribution in [1.82, 2.24) is 0 Å². The summed E-state index contributed by atoms with van der Waals surface area (Å²) in [6, 6.07) is 3.97. The van der Waals surface area contributed by atoms with Crippen LogP contribution >= 0.6 is 0 Å². The first-order valence-corrected chi connectivity index (χ1v) is 5.27. The van der Waals surface area contributed by atoms with E-state index in [0.717, 1.165) is 29.0 Å². The van der Waals surface area contributed by atoms with Crippen molar-refractivity contribution >= 4 is 0 Å². The highest BCUT2D eigenvalue weighted by atomic mass is 16.7. The second-order valence-electron chi connectivity index (χ2n) is 3.85. The first kappa shape index (κ1) is 10.3. The number of hydrogen-bond donors (Lipinski definition) is 1. The van der Waals surface area contributed by atoms with Gasteiger partial charge in [-0.1, -0.05) is 6.92 Å². The third kappa shape index (κ3) is 1.79. The molecule has 0 saturated heterocycles. The summed E-state index contributed by atoms with van der Waals surface area (Å²) in [5, 5.41) is 9.28. The van der Waals surface area contributed by atoms with Gasteiger partial charge in [0.05, 0.1) is 0 Å². The SMILES string of the molecule is CCC(CO)c1cc2c(cc1C)OCO2. The standard InChI is InChI=1S/C12H16O3/c1-3-9(6-13)10-5-12-11(4-8(10)2)14-7-15-12/h4-5,9,13H,3,6-7H2,1-2H3. The van der Waals surface area contributed by atoms with E-state index in [-0.39, 0.29) is 12.5 Å². The number of rotatable bonds is 3. The molecule has 0 aromatic heterocycles. The minimum atomic E-state index is 0.178. The Morgan fingerprint density at radius 2 is 2.00 bits per heavy atom. The molecule has 1 heterocycles. The van der Waals surface area contributed by atoms with E-state index in [1.807, 2.05) is 19.1 Å². The van der Waals surface area contributed by atoms with Crippen molar-refractivity contribution < 1.29 is 14.6 Å². The third-order valence-corrected chi connectivity index (χ3v) is 2.91. The Bertz CT molecular complexity index is 356. The smallest absolute Gasteiger partial charge is 0.231 e. The predicted molar refractivity (Wildman–Crippen MR) is 57.4 cm³/mol. The number of ether oxygens (including phenoxy) is 2. The molecule has 0 bridgehead atoms. The lowest BCUT2D eigenvalue weighted by molar-refractivity contribution is 0.174. The maximum atomic E-state index is 9.28. The van der Waals surface area contributed by atoms with E-state index in [9.17, 15) is 5.11 Å². The van der Waals surface area contributed by atoms with Gasteiger partial charge in [0.25, 0.3) is 0 Å². The van der Waals surface area contributed by atoms with Crippen LogP contribution in [0.25, 0.3) is 0 Å². The van der Waals surface area contributed by atoms with Gasteiger partial charge in [0.1, 0.15) is 0 Å². The van der Waals surface area contributed by atoms with Gasteiger partial charge in [0, 0.05) is 12.5 Å². The largest absolute Gasteiger partial charge is 0.454 e. The van der Waals surface area contributed by atoms with Gasteiger partial charge in [0.2, 0.25) is 6.79 Å². The lowest BCUT2D eigenvalue weighted by Gasteiger charge is -2.15.